The number of rotatable bonds is 6. The summed E-state index contributed by atoms with van der Waals surface area (Å²) in [6, 6.07) is 4.83. The zero-order chi connectivity index (χ0) is 17.0. The Morgan fingerprint density at radius 2 is 2.00 bits per heavy atom. The van der Waals surface area contributed by atoms with Gasteiger partial charge in [0.1, 0.15) is 12.3 Å². The molecule has 1 heterocycles. The van der Waals surface area contributed by atoms with E-state index in [0.717, 1.165) is 6.29 Å². The molecule has 1 atom stereocenters. The highest BCUT2D eigenvalue weighted by Gasteiger charge is 2.31. The highest BCUT2D eigenvalue weighted by molar-refractivity contribution is 6.02. The van der Waals surface area contributed by atoms with Crippen LogP contribution >= 0.6 is 0 Å². The summed E-state index contributed by atoms with van der Waals surface area (Å²) in [5, 5.41) is 2.32. The highest BCUT2D eigenvalue weighted by atomic mass is 16.2. The Bertz CT molecular complexity index is 644. The fraction of sp³-hybridized carbons (Fsp3) is 0.375. The quantitative estimate of drug-likeness (QED) is 0.601. The molecule has 0 saturated carbocycles. The Hall–Kier alpha value is -2.70. The number of hydrogen-bond donors (Lipinski definition) is 1. The lowest BCUT2D eigenvalue weighted by Crippen LogP contribution is -2.51. The van der Waals surface area contributed by atoms with E-state index in [0.29, 0.717) is 29.8 Å². The third-order valence-electron chi connectivity index (χ3n) is 3.97. The number of nitrogens with zero attached hydrogens (tertiary/aromatic N) is 2. The van der Waals surface area contributed by atoms with Gasteiger partial charge in [-0.3, -0.25) is 19.7 Å². The van der Waals surface area contributed by atoms with Crippen LogP contribution in [0.3, 0.4) is 0 Å². The summed E-state index contributed by atoms with van der Waals surface area (Å²) in [5.74, 6) is -0.635. The molecule has 1 aliphatic heterocycles. The molecule has 3 amide bonds. The Morgan fingerprint density at radius 3 is 2.61 bits per heavy atom. The summed E-state index contributed by atoms with van der Waals surface area (Å²) >= 11 is 0. The van der Waals surface area contributed by atoms with Gasteiger partial charge >= 0.3 is 0 Å². The normalized spacial score (nSPS) is 17.4. The molecule has 7 heteroatoms. The molecule has 23 heavy (non-hydrogen) atoms. The molecule has 0 radical (unpaired) electrons. The molecular weight excluding hydrogens is 298 g/mol. The van der Waals surface area contributed by atoms with Crippen molar-refractivity contribution < 1.29 is 19.2 Å². The van der Waals surface area contributed by atoms with Crippen LogP contribution < -0.4 is 15.1 Å². The van der Waals surface area contributed by atoms with Crippen LogP contribution in [0.4, 0.5) is 11.4 Å². The van der Waals surface area contributed by atoms with Gasteiger partial charge in [0.25, 0.3) is 0 Å². The first-order valence-corrected chi connectivity index (χ1v) is 7.29. The van der Waals surface area contributed by atoms with E-state index < -0.39 is 6.04 Å². The van der Waals surface area contributed by atoms with Crippen LogP contribution in [0, 0.1) is 0 Å². The molecule has 1 saturated heterocycles. The van der Waals surface area contributed by atoms with Crippen LogP contribution in [0.1, 0.15) is 18.4 Å². The van der Waals surface area contributed by atoms with Gasteiger partial charge in [0, 0.05) is 26.9 Å². The summed E-state index contributed by atoms with van der Waals surface area (Å²) in [6.45, 7) is 0. The van der Waals surface area contributed by atoms with Gasteiger partial charge in [0.2, 0.25) is 18.2 Å². The number of carbonyl (C=O) groups excluding carboxylic acids is 4. The average Bonchev–Trinajstić information content (AvgIpc) is 2.53. The maximum absolute atomic E-state index is 12.1. The van der Waals surface area contributed by atoms with E-state index in [9.17, 15) is 19.2 Å². The zero-order valence-electron chi connectivity index (χ0n) is 13.1. The third kappa shape index (κ3) is 3.39. The third-order valence-corrected chi connectivity index (χ3v) is 3.97. The van der Waals surface area contributed by atoms with Crippen molar-refractivity contribution in [3.63, 3.8) is 0 Å². The van der Waals surface area contributed by atoms with Gasteiger partial charge < -0.3 is 14.6 Å². The van der Waals surface area contributed by atoms with Gasteiger partial charge in [-0.2, -0.15) is 0 Å². The minimum Gasteiger partial charge on any atom is -0.361 e. The number of imide groups is 1. The summed E-state index contributed by atoms with van der Waals surface area (Å²) in [7, 11) is 3.33. The van der Waals surface area contributed by atoms with Gasteiger partial charge in [-0.05, 0) is 18.1 Å². The first-order valence-electron chi connectivity index (χ1n) is 7.29. The molecule has 1 aromatic carbocycles. The second-order valence-corrected chi connectivity index (χ2v) is 5.45. The molecule has 122 valence electrons. The standard InChI is InChI=1S/C16H19N3O4/c1-18(10-21)15-11(8-9-20)4-3-5-12(15)19(2)13-6-7-14(22)17-16(13)23/h3-5,9-10,13H,6-8H2,1-2H3,(H,17,22,23). The second-order valence-electron chi connectivity index (χ2n) is 5.45. The lowest BCUT2D eigenvalue weighted by Gasteiger charge is -2.34. The van der Waals surface area contributed by atoms with Crippen molar-refractivity contribution >= 4 is 35.9 Å². The van der Waals surface area contributed by atoms with E-state index in [2.05, 4.69) is 5.32 Å². The number of hydrogen-bond acceptors (Lipinski definition) is 5. The second kappa shape index (κ2) is 7.04. The van der Waals surface area contributed by atoms with E-state index in [1.165, 1.54) is 4.90 Å². The van der Waals surface area contributed by atoms with Gasteiger partial charge in [-0.15, -0.1) is 0 Å². The number of amides is 3. The number of aldehydes is 1. The minimum atomic E-state index is -0.502. The first-order chi connectivity index (χ1) is 11.0. The average molecular weight is 317 g/mol. The van der Waals surface area contributed by atoms with E-state index in [1.807, 2.05) is 0 Å². The van der Waals surface area contributed by atoms with Crippen molar-refractivity contribution in [2.24, 2.45) is 0 Å². The number of benzene rings is 1. The van der Waals surface area contributed by atoms with Crippen molar-refractivity contribution in [3.8, 4) is 0 Å². The molecule has 0 aliphatic carbocycles. The maximum Gasteiger partial charge on any atom is 0.249 e. The molecule has 2 rings (SSSR count). The Morgan fingerprint density at radius 1 is 1.26 bits per heavy atom. The summed E-state index contributed by atoms with van der Waals surface area (Å²) < 4.78 is 0. The SMILES string of the molecule is CN(C=O)c1c(CC=O)cccc1N(C)C1CCC(=O)NC1=O. The van der Waals surface area contributed by atoms with Crippen LogP contribution in [0.25, 0.3) is 0 Å². The van der Waals surface area contributed by atoms with Crippen molar-refractivity contribution in [1.82, 2.24) is 5.32 Å². The van der Waals surface area contributed by atoms with Crippen molar-refractivity contribution in [2.45, 2.75) is 25.3 Å². The molecule has 0 bridgehead atoms. The number of para-hydroxylation sites is 1. The fourth-order valence-corrected chi connectivity index (χ4v) is 2.80. The van der Waals surface area contributed by atoms with E-state index in [-0.39, 0.29) is 24.7 Å². The first kappa shape index (κ1) is 16.7. The smallest absolute Gasteiger partial charge is 0.249 e. The van der Waals surface area contributed by atoms with Crippen molar-refractivity contribution in [2.75, 3.05) is 23.9 Å². The topological polar surface area (TPSA) is 86.8 Å². The molecule has 0 aromatic heterocycles. The lowest BCUT2D eigenvalue weighted by molar-refractivity contribution is -0.134. The predicted octanol–water partition coefficient (Wildman–Crippen LogP) is 0.262. The minimum absolute atomic E-state index is 0.171. The van der Waals surface area contributed by atoms with E-state index in [4.69, 9.17) is 0 Å². The van der Waals surface area contributed by atoms with Crippen LogP contribution in [0.15, 0.2) is 18.2 Å². The molecule has 7 nitrogen and oxygen atoms in total. The fourth-order valence-electron chi connectivity index (χ4n) is 2.80. The summed E-state index contributed by atoms with van der Waals surface area (Å²) in [4.78, 5) is 48.6. The maximum atomic E-state index is 12.1. The van der Waals surface area contributed by atoms with Crippen LogP contribution in [0.2, 0.25) is 0 Å². The lowest BCUT2D eigenvalue weighted by atomic mass is 10.0. The number of carbonyl (C=O) groups is 4. The largest absolute Gasteiger partial charge is 0.361 e. The summed E-state index contributed by atoms with van der Waals surface area (Å²) in [6.07, 6.45) is 2.28. The molecule has 1 unspecified atom stereocenters. The van der Waals surface area contributed by atoms with Gasteiger partial charge in [-0.25, -0.2) is 0 Å². The Labute approximate surface area is 134 Å². The van der Waals surface area contributed by atoms with Crippen molar-refractivity contribution in [1.29, 1.82) is 0 Å². The van der Waals surface area contributed by atoms with Crippen molar-refractivity contribution in [3.05, 3.63) is 23.8 Å². The zero-order valence-corrected chi connectivity index (χ0v) is 13.1. The summed E-state index contributed by atoms with van der Waals surface area (Å²) in [5.41, 5.74) is 1.95. The molecular formula is C16H19N3O4. The van der Waals surface area contributed by atoms with Crippen LogP contribution in [0.5, 0.6) is 0 Å². The monoisotopic (exact) mass is 317 g/mol. The number of anilines is 2. The number of nitrogens with one attached hydrogen (secondary N) is 1. The molecule has 1 N–H and O–H groups in total. The van der Waals surface area contributed by atoms with Crippen LogP contribution in [-0.2, 0) is 25.6 Å². The predicted molar refractivity (Wildman–Crippen MR) is 85.3 cm³/mol. The number of piperidine rings is 1. The van der Waals surface area contributed by atoms with Gasteiger partial charge in [0.15, 0.2) is 0 Å². The number of likely N-dealkylation sites (N-methyl/N-ethyl adjacent to an activating group) is 1. The van der Waals surface area contributed by atoms with E-state index >= 15 is 0 Å². The highest BCUT2D eigenvalue weighted by Crippen LogP contribution is 2.33. The molecule has 1 aromatic rings. The Kier molecular flexibility index (Phi) is 5.10. The molecule has 1 fully saturated rings. The molecule has 0 spiro atoms. The van der Waals surface area contributed by atoms with Gasteiger partial charge in [-0.1, -0.05) is 12.1 Å². The Balaban J connectivity index is 2.43. The van der Waals surface area contributed by atoms with Gasteiger partial charge in [0.05, 0.1) is 11.4 Å². The van der Waals surface area contributed by atoms with E-state index in [1.54, 1.807) is 37.2 Å². The van der Waals surface area contributed by atoms with Crippen LogP contribution in [-0.4, -0.2) is 44.6 Å². The molecule has 1 aliphatic rings.